The topological polar surface area (TPSA) is 37.8 Å². The minimum absolute atomic E-state index is 0.702. The Labute approximate surface area is 81.7 Å². The molecule has 0 aromatic carbocycles. The smallest absolute Gasteiger partial charge is 0.202 e. The van der Waals surface area contributed by atoms with Gasteiger partial charge in [-0.15, -0.1) is 0 Å². The molecule has 13 heavy (non-hydrogen) atoms. The largest absolute Gasteiger partial charge is 0.357 e. The van der Waals surface area contributed by atoms with Crippen LogP contribution in [0, 0.1) is 11.8 Å². The maximum atomic E-state index is 4.17. The molecule has 0 saturated heterocycles. The monoisotopic (exact) mass is 195 g/mol. The summed E-state index contributed by atoms with van der Waals surface area (Å²) in [4.78, 5) is 4.17. The van der Waals surface area contributed by atoms with Crippen molar-refractivity contribution in [1.29, 1.82) is 0 Å². The van der Waals surface area contributed by atoms with Gasteiger partial charge in [0.25, 0.3) is 0 Å². The van der Waals surface area contributed by atoms with Gasteiger partial charge in [-0.05, 0) is 37.5 Å². The van der Waals surface area contributed by atoms with E-state index in [1.54, 1.807) is 6.33 Å². The summed E-state index contributed by atoms with van der Waals surface area (Å²) in [5.74, 6) is 1.85. The summed E-state index contributed by atoms with van der Waals surface area (Å²) in [5.41, 5.74) is 0. The molecule has 2 fully saturated rings. The Bertz CT molecular complexity index is 265. The van der Waals surface area contributed by atoms with Crippen LogP contribution < -0.4 is 5.32 Å². The molecule has 0 spiro atoms. The van der Waals surface area contributed by atoms with Crippen molar-refractivity contribution in [1.82, 2.24) is 9.36 Å². The van der Waals surface area contributed by atoms with Crippen molar-refractivity contribution >= 4 is 16.7 Å². The van der Waals surface area contributed by atoms with Gasteiger partial charge in [-0.1, -0.05) is 0 Å². The molecule has 0 atom stereocenters. The Morgan fingerprint density at radius 1 is 1.31 bits per heavy atom. The second-order valence-corrected chi connectivity index (χ2v) is 4.87. The third-order valence-electron chi connectivity index (χ3n) is 2.91. The number of rotatable bonds is 4. The van der Waals surface area contributed by atoms with Crippen LogP contribution in [0.15, 0.2) is 6.33 Å². The van der Waals surface area contributed by atoms with Crippen LogP contribution in [0.5, 0.6) is 0 Å². The fourth-order valence-corrected chi connectivity index (χ4v) is 2.39. The Hall–Kier alpha value is -0.640. The fraction of sp³-hybridized carbons (Fsp3) is 0.778. The number of aromatic nitrogens is 2. The molecule has 70 valence electrons. The molecule has 1 N–H and O–H groups in total. The van der Waals surface area contributed by atoms with E-state index in [1.165, 1.54) is 37.2 Å². The quantitative estimate of drug-likeness (QED) is 0.799. The maximum Gasteiger partial charge on any atom is 0.202 e. The first kappa shape index (κ1) is 7.74. The van der Waals surface area contributed by atoms with Gasteiger partial charge in [-0.3, -0.25) is 0 Å². The van der Waals surface area contributed by atoms with Crippen molar-refractivity contribution in [3.05, 3.63) is 6.33 Å². The van der Waals surface area contributed by atoms with E-state index >= 15 is 0 Å². The van der Waals surface area contributed by atoms with Crippen LogP contribution >= 0.6 is 11.5 Å². The minimum Gasteiger partial charge on any atom is -0.357 e. The molecule has 0 aliphatic heterocycles. The van der Waals surface area contributed by atoms with Crippen molar-refractivity contribution in [2.24, 2.45) is 11.8 Å². The predicted molar refractivity (Wildman–Crippen MR) is 52.8 cm³/mol. The fourth-order valence-electron chi connectivity index (χ4n) is 1.91. The number of anilines is 1. The third-order valence-corrected chi connectivity index (χ3v) is 3.51. The summed E-state index contributed by atoms with van der Waals surface area (Å²) >= 11 is 1.47. The van der Waals surface area contributed by atoms with Crippen LogP contribution in [0.4, 0.5) is 5.13 Å². The van der Waals surface area contributed by atoms with Gasteiger partial charge in [0.15, 0.2) is 0 Å². The van der Waals surface area contributed by atoms with E-state index < -0.39 is 0 Å². The highest BCUT2D eigenvalue weighted by Crippen LogP contribution is 2.45. The molecule has 2 aliphatic rings. The first-order chi connectivity index (χ1) is 6.43. The van der Waals surface area contributed by atoms with Crippen molar-refractivity contribution in [3.63, 3.8) is 0 Å². The highest BCUT2D eigenvalue weighted by Gasteiger charge is 2.41. The van der Waals surface area contributed by atoms with E-state index in [4.69, 9.17) is 0 Å². The van der Waals surface area contributed by atoms with Gasteiger partial charge in [0.2, 0.25) is 5.13 Å². The molecule has 3 rings (SSSR count). The first-order valence-corrected chi connectivity index (χ1v) is 5.74. The SMILES string of the molecule is c1nsc(NC(C2CC2)C2CC2)n1. The molecule has 1 aromatic rings. The van der Waals surface area contributed by atoms with E-state index in [-0.39, 0.29) is 0 Å². The van der Waals surface area contributed by atoms with Crippen LogP contribution in [0.25, 0.3) is 0 Å². The Morgan fingerprint density at radius 2 is 2.00 bits per heavy atom. The van der Waals surface area contributed by atoms with Crippen LogP contribution in [-0.2, 0) is 0 Å². The molecule has 1 aromatic heterocycles. The molecule has 0 amide bonds. The number of nitrogens with one attached hydrogen (secondary N) is 1. The third kappa shape index (κ3) is 1.68. The zero-order valence-corrected chi connectivity index (χ0v) is 8.26. The zero-order chi connectivity index (χ0) is 8.67. The van der Waals surface area contributed by atoms with E-state index in [9.17, 15) is 0 Å². The number of hydrogen-bond donors (Lipinski definition) is 1. The predicted octanol–water partition coefficient (Wildman–Crippen LogP) is 2.14. The lowest BCUT2D eigenvalue weighted by Gasteiger charge is -2.15. The van der Waals surface area contributed by atoms with Gasteiger partial charge in [0.05, 0.1) is 0 Å². The number of hydrogen-bond acceptors (Lipinski definition) is 4. The van der Waals surface area contributed by atoms with Gasteiger partial charge >= 0.3 is 0 Å². The summed E-state index contributed by atoms with van der Waals surface area (Å²) in [6.07, 6.45) is 7.27. The van der Waals surface area contributed by atoms with E-state index in [0.717, 1.165) is 17.0 Å². The second kappa shape index (κ2) is 2.94. The standard InChI is InChI=1S/C9H13N3S/c1-2-6(1)8(7-3-4-7)12-9-10-5-11-13-9/h5-8H,1-4H2,(H,10,11,12). The van der Waals surface area contributed by atoms with E-state index in [2.05, 4.69) is 14.7 Å². The molecule has 0 unspecified atom stereocenters. The second-order valence-electron chi connectivity index (χ2n) is 4.09. The first-order valence-electron chi connectivity index (χ1n) is 4.97. The molecule has 2 saturated carbocycles. The molecule has 0 bridgehead atoms. The molecule has 2 aliphatic carbocycles. The minimum atomic E-state index is 0.702. The molecule has 4 heteroatoms. The number of nitrogens with zero attached hydrogens (tertiary/aromatic N) is 2. The van der Waals surface area contributed by atoms with Crippen LogP contribution in [0.3, 0.4) is 0 Å². The lowest BCUT2D eigenvalue weighted by Crippen LogP contribution is -2.23. The summed E-state index contributed by atoms with van der Waals surface area (Å²) in [5, 5.41) is 4.53. The van der Waals surface area contributed by atoms with Crippen LogP contribution in [0.2, 0.25) is 0 Å². The van der Waals surface area contributed by atoms with Gasteiger partial charge in [0.1, 0.15) is 6.33 Å². The van der Waals surface area contributed by atoms with Crippen molar-refractivity contribution in [2.75, 3.05) is 5.32 Å². The lowest BCUT2D eigenvalue weighted by atomic mass is 10.1. The Morgan fingerprint density at radius 3 is 2.46 bits per heavy atom. The molecule has 3 nitrogen and oxygen atoms in total. The summed E-state index contributed by atoms with van der Waals surface area (Å²) in [6.45, 7) is 0. The highest BCUT2D eigenvalue weighted by molar-refractivity contribution is 7.09. The van der Waals surface area contributed by atoms with E-state index in [1.807, 2.05) is 0 Å². The van der Waals surface area contributed by atoms with E-state index in [0.29, 0.717) is 6.04 Å². The zero-order valence-electron chi connectivity index (χ0n) is 7.44. The van der Waals surface area contributed by atoms with Crippen molar-refractivity contribution in [3.8, 4) is 0 Å². The van der Waals surface area contributed by atoms with Crippen molar-refractivity contribution in [2.45, 2.75) is 31.7 Å². The van der Waals surface area contributed by atoms with Crippen LogP contribution in [-0.4, -0.2) is 15.4 Å². The molecular formula is C9H13N3S. The lowest BCUT2D eigenvalue weighted by molar-refractivity contribution is 0.567. The molecule has 1 heterocycles. The van der Waals surface area contributed by atoms with Gasteiger partial charge in [-0.25, -0.2) is 4.98 Å². The average Bonchev–Trinajstić information content (AvgIpc) is 3.04. The molecule has 0 radical (unpaired) electrons. The van der Waals surface area contributed by atoms with Crippen LogP contribution in [0.1, 0.15) is 25.7 Å². The highest BCUT2D eigenvalue weighted by atomic mass is 32.1. The van der Waals surface area contributed by atoms with Gasteiger partial charge in [-0.2, -0.15) is 4.37 Å². The van der Waals surface area contributed by atoms with Gasteiger partial charge < -0.3 is 5.32 Å². The summed E-state index contributed by atoms with van der Waals surface area (Å²) < 4.78 is 4.00. The van der Waals surface area contributed by atoms with Crippen molar-refractivity contribution < 1.29 is 0 Å². The van der Waals surface area contributed by atoms with Gasteiger partial charge in [0, 0.05) is 17.6 Å². The maximum absolute atomic E-state index is 4.17. The normalized spacial score (nSPS) is 22.2. The summed E-state index contributed by atoms with van der Waals surface area (Å²) in [6, 6.07) is 0.702. The molecular weight excluding hydrogens is 182 g/mol. The average molecular weight is 195 g/mol. The Balaban J connectivity index is 1.67. The Kier molecular flexibility index (Phi) is 1.75. The summed E-state index contributed by atoms with van der Waals surface area (Å²) in [7, 11) is 0.